The number of nitrogens with one attached hydrogen (secondary N) is 2. The lowest BCUT2D eigenvalue weighted by atomic mass is 9.88. The van der Waals surface area contributed by atoms with Crippen LogP contribution in [0.15, 0.2) is 24.3 Å². The summed E-state index contributed by atoms with van der Waals surface area (Å²) in [5, 5.41) is 6.20. The average molecular weight is 306 g/mol. The van der Waals surface area contributed by atoms with E-state index in [2.05, 4.69) is 17.6 Å². The predicted octanol–water partition coefficient (Wildman–Crippen LogP) is 3.16. The van der Waals surface area contributed by atoms with Crippen molar-refractivity contribution < 1.29 is 14.3 Å². The second kappa shape index (κ2) is 6.57. The first-order valence-corrected chi connectivity index (χ1v) is 7.63. The van der Waals surface area contributed by atoms with E-state index in [9.17, 15) is 4.79 Å². The van der Waals surface area contributed by atoms with Gasteiger partial charge in [-0.25, -0.2) is 4.79 Å². The SMILES string of the molecule is CC1(CNc2cccc(CNC(=O)OC(C)(C)C)c2)COC1. The molecule has 22 heavy (non-hydrogen) atoms. The molecule has 1 aromatic carbocycles. The Balaban J connectivity index is 1.82. The van der Waals surface area contributed by atoms with E-state index in [0.29, 0.717) is 6.54 Å². The summed E-state index contributed by atoms with van der Waals surface area (Å²) in [6.07, 6.45) is -0.398. The Hall–Kier alpha value is -1.75. The summed E-state index contributed by atoms with van der Waals surface area (Å²) in [6, 6.07) is 8.03. The summed E-state index contributed by atoms with van der Waals surface area (Å²) in [4.78, 5) is 11.7. The van der Waals surface area contributed by atoms with E-state index >= 15 is 0 Å². The Bertz CT molecular complexity index is 519. The normalized spacial score (nSPS) is 16.5. The molecule has 0 saturated carbocycles. The maximum Gasteiger partial charge on any atom is 0.407 e. The fourth-order valence-corrected chi connectivity index (χ4v) is 2.15. The van der Waals surface area contributed by atoms with Gasteiger partial charge in [-0.3, -0.25) is 0 Å². The van der Waals surface area contributed by atoms with Crippen LogP contribution in [0.25, 0.3) is 0 Å². The molecule has 122 valence electrons. The van der Waals surface area contributed by atoms with Crippen LogP contribution in [-0.4, -0.2) is 31.5 Å². The number of alkyl carbamates (subject to hydrolysis) is 1. The van der Waals surface area contributed by atoms with Gasteiger partial charge in [-0.2, -0.15) is 0 Å². The van der Waals surface area contributed by atoms with Crippen LogP contribution >= 0.6 is 0 Å². The van der Waals surface area contributed by atoms with E-state index in [1.165, 1.54) is 0 Å². The zero-order valence-corrected chi connectivity index (χ0v) is 13.9. The Morgan fingerprint density at radius 1 is 1.36 bits per heavy atom. The Morgan fingerprint density at radius 3 is 2.68 bits per heavy atom. The molecule has 0 aromatic heterocycles. The molecule has 2 rings (SSSR count). The summed E-state index contributed by atoms with van der Waals surface area (Å²) in [7, 11) is 0. The molecule has 0 aliphatic carbocycles. The highest BCUT2D eigenvalue weighted by molar-refractivity contribution is 5.67. The van der Waals surface area contributed by atoms with Crippen LogP contribution in [0.1, 0.15) is 33.3 Å². The molecule has 1 aromatic rings. The van der Waals surface area contributed by atoms with Crippen LogP contribution in [0.3, 0.4) is 0 Å². The van der Waals surface area contributed by atoms with E-state index in [-0.39, 0.29) is 5.41 Å². The van der Waals surface area contributed by atoms with Gasteiger partial charge in [0.2, 0.25) is 0 Å². The third-order valence-corrected chi connectivity index (χ3v) is 3.38. The van der Waals surface area contributed by atoms with Crippen molar-refractivity contribution in [2.45, 2.75) is 39.8 Å². The Morgan fingerprint density at radius 2 is 2.09 bits per heavy atom. The van der Waals surface area contributed by atoms with Gasteiger partial charge in [0.05, 0.1) is 13.2 Å². The maximum absolute atomic E-state index is 11.7. The van der Waals surface area contributed by atoms with E-state index < -0.39 is 11.7 Å². The van der Waals surface area contributed by atoms with Crippen LogP contribution in [0, 0.1) is 5.41 Å². The molecule has 1 aliphatic rings. The van der Waals surface area contributed by atoms with Crippen molar-refractivity contribution in [1.82, 2.24) is 5.32 Å². The van der Waals surface area contributed by atoms with E-state index in [4.69, 9.17) is 9.47 Å². The number of hydrogen-bond donors (Lipinski definition) is 2. The lowest BCUT2D eigenvalue weighted by molar-refractivity contribution is -0.0924. The molecule has 5 heteroatoms. The second-order valence-corrected chi connectivity index (χ2v) is 7.21. The van der Waals surface area contributed by atoms with Crippen molar-refractivity contribution >= 4 is 11.8 Å². The summed E-state index contributed by atoms with van der Waals surface area (Å²) < 4.78 is 10.5. The number of carbonyl (C=O) groups excluding carboxylic acids is 1. The summed E-state index contributed by atoms with van der Waals surface area (Å²) in [5.74, 6) is 0. The molecule has 1 saturated heterocycles. The highest BCUT2D eigenvalue weighted by atomic mass is 16.6. The van der Waals surface area contributed by atoms with Gasteiger partial charge in [-0.1, -0.05) is 19.1 Å². The quantitative estimate of drug-likeness (QED) is 0.877. The molecule has 1 aliphatic heterocycles. The topological polar surface area (TPSA) is 59.6 Å². The smallest absolute Gasteiger partial charge is 0.407 e. The van der Waals surface area contributed by atoms with Crippen molar-refractivity contribution in [3.8, 4) is 0 Å². The lowest BCUT2D eigenvalue weighted by Gasteiger charge is -2.38. The molecular weight excluding hydrogens is 280 g/mol. The predicted molar refractivity (Wildman–Crippen MR) is 86.9 cm³/mol. The van der Waals surface area contributed by atoms with Gasteiger partial charge in [0.1, 0.15) is 5.60 Å². The highest BCUT2D eigenvalue weighted by Crippen LogP contribution is 2.26. The van der Waals surface area contributed by atoms with Crippen LogP contribution in [0.5, 0.6) is 0 Å². The number of anilines is 1. The van der Waals surface area contributed by atoms with Crippen LogP contribution < -0.4 is 10.6 Å². The van der Waals surface area contributed by atoms with Crippen molar-refractivity contribution in [2.24, 2.45) is 5.41 Å². The molecule has 0 atom stereocenters. The zero-order valence-electron chi connectivity index (χ0n) is 13.9. The number of benzene rings is 1. The maximum atomic E-state index is 11.7. The third kappa shape index (κ3) is 5.22. The number of hydrogen-bond acceptors (Lipinski definition) is 4. The number of ether oxygens (including phenoxy) is 2. The minimum absolute atomic E-state index is 0.227. The fraction of sp³-hybridized carbons (Fsp3) is 0.588. The molecular formula is C17H26N2O3. The van der Waals surface area contributed by atoms with Crippen LogP contribution in [0.4, 0.5) is 10.5 Å². The molecule has 0 spiro atoms. The molecule has 0 bridgehead atoms. The van der Waals surface area contributed by atoms with Gasteiger partial charge < -0.3 is 20.1 Å². The van der Waals surface area contributed by atoms with E-state index in [1.54, 1.807) is 0 Å². The molecule has 5 nitrogen and oxygen atoms in total. The van der Waals surface area contributed by atoms with Crippen molar-refractivity contribution in [3.05, 3.63) is 29.8 Å². The minimum Gasteiger partial charge on any atom is -0.444 e. The van der Waals surface area contributed by atoms with Crippen LogP contribution in [-0.2, 0) is 16.0 Å². The van der Waals surface area contributed by atoms with Crippen LogP contribution in [0.2, 0.25) is 0 Å². The van der Waals surface area contributed by atoms with Crippen molar-refractivity contribution in [3.63, 3.8) is 0 Å². The largest absolute Gasteiger partial charge is 0.444 e. The first-order chi connectivity index (χ1) is 10.3. The monoisotopic (exact) mass is 306 g/mol. The molecule has 0 radical (unpaired) electrons. The van der Waals surface area contributed by atoms with Crippen molar-refractivity contribution in [2.75, 3.05) is 25.1 Å². The number of carbonyl (C=O) groups is 1. The standard InChI is InChI=1S/C17H26N2O3/c1-16(2,3)22-15(20)18-9-13-6-5-7-14(8-13)19-10-17(4)11-21-12-17/h5-8,19H,9-12H2,1-4H3,(H,18,20). The minimum atomic E-state index is -0.478. The molecule has 2 N–H and O–H groups in total. The molecule has 1 amide bonds. The fourth-order valence-electron chi connectivity index (χ4n) is 2.15. The molecule has 1 fully saturated rings. The van der Waals surface area contributed by atoms with E-state index in [0.717, 1.165) is 31.0 Å². The van der Waals surface area contributed by atoms with Crippen molar-refractivity contribution in [1.29, 1.82) is 0 Å². The van der Waals surface area contributed by atoms with Gasteiger partial charge in [0, 0.05) is 24.2 Å². The first kappa shape index (κ1) is 16.6. The Kier molecular flexibility index (Phi) is 4.96. The van der Waals surface area contributed by atoms with Gasteiger partial charge in [-0.15, -0.1) is 0 Å². The molecule has 1 heterocycles. The Labute approximate surface area is 132 Å². The average Bonchev–Trinajstić information content (AvgIpc) is 2.39. The van der Waals surface area contributed by atoms with Gasteiger partial charge in [0.25, 0.3) is 0 Å². The van der Waals surface area contributed by atoms with Gasteiger partial charge in [0.15, 0.2) is 0 Å². The van der Waals surface area contributed by atoms with E-state index in [1.807, 2.05) is 45.0 Å². The second-order valence-electron chi connectivity index (χ2n) is 7.21. The number of amides is 1. The zero-order chi connectivity index (χ0) is 16.2. The highest BCUT2D eigenvalue weighted by Gasteiger charge is 2.32. The van der Waals surface area contributed by atoms with Gasteiger partial charge >= 0.3 is 6.09 Å². The summed E-state index contributed by atoms with van der Waals surface area (Å²) in [5.41, 5.74) is 1.83. The first-order valence-electron chi connectivity index (χ1n) is 7.63. The summed E-state index contributed by atoms with van der Waals surface area (Å²) in [6.45, 7) is 10.7. The number of rotatable bonds is 5. The summed E-state index contributed by atoms with van der Waals surface area (Å²) >= 11 is 0. The lowest BCUT2D eigenvalue weighted by Crippen LogP contribution is -2.45. The molecule has 0 unspecified atom stereocenters. The third-order valence-electron chi connectivity index (χ3n) is 3.38. The van der Waals surface area contributed by atoms with Gasteiger partial charge in [-0.05, 0) is 38.5 Å².